The fourth-order valence-corrected chi connectivity index (χ4v) is 3.76. The second-order valence-corrected chi connectivity index (χ2v) is 8.34. The van der Waals surface area contributed by atoms with E-state index in [1.54, 1.807) is 30.2 Å². The fourth-order valence-electron chi connectivity index (χ4n) is 3.35. The molecule has 5 nitrogen and oxygen atoms in total. The molecular weight excluding hydrogens is 434 g/mol. The monoisotopic (exact) mass is 460 g/mol. The van der Waals surface area contributed by atoms with Crippen LogP contribution in [0, 0.1) is 11.6 Å². The van der Waals surface area contributed by atoms with Gasteiger partial charge in [-0.25, -0.2) is 8.78 Å². The first-order valence-electron chi connectivity index (χ1n) is 10.2. The number of aliphatic hydroxyl groups is 1. The third kappa shape index (κ3) is 7.47. The zero-order valence-corrected chi connectivity index (χ0v) is 18.5. The molecule has 0 spiro atoms. The summed E-state index contributed by atoms with van der Waals surface area (Å²) in [5, 5.41) is 16.6. The highest BCUT2D eigenvalue weighted by molar-refractivity contribution is 7.98. The van der Waals surface area contributed by atoms with E-state index in [2.05, 4.69) is 10.6 Å². The van der Waals surface area contributed by atoms with Crippen molar-refractivity contribution in [1.82, 2.24) is 10.6 Å². The van der Waals surface area contributed by atoms with Crippen molar-refractivity contribution in [1.29, 1.82) is 0 Å². The predicted octanol–water partition coefficient (Wildman–Crippen LogP) is 3.70. The van der Waals surface area contributed by atoms with Gasteiger partial charge in [-0.15, -0.1) is 11.8 Å². The zero-order chi connectivity index (χ0) is 22.9. The first kappa shape index (κ1) is 24.0. The van der Waals surface area contributed by atoms with E-state index in [9.17, 15) is 18.7 Å². The number of rotatable bonds is 11. The standard InChI is InChI=1S/C24H26F2N2O3S/c1-32-21-6-4-16(5-7-21)12-24(30)28-22(11-17-9-18(25)13-19(26)10-17)23(29)15-27-14-20-3-2-8-31-20/h2-10,13,22-23,27,29H,11-12,14-15H2,1H3,(H,28,30)/t22-,23-/m0/s1. The first-order valence-corrected chi connectivity index (χ1v) is 11.4. The van der Waals surface area contributed by atoms with Crippen molar-refractivity contribution in [3.63, 3.8) is 0 Å². The molecule has 170 valence electrons. The van der Waals surface area contributed by atoms with Crippen molar-refractivity contribution in [2.24, 2.45) is 0 Å². The Kier molecular flexibility index (Phi) is 8.84. The Bertz CT molecular complexity index is 977. The van der Waals surface area contributed by atoms with Crippen molar-refractivity contribution < 1.29 is 23.1 Å². The summed E-state index contributed by atoms with van der Waals surface area (Å²) in [6.07, 6.45) is 2.76. The lowest BCUT2D eigenvalue weighted by atomic mass is 10.00. The fraction of sp³-hybridized carbons (Fsp3) is 0.292. The molecule has 0 aliphatic carbocycles. The van der Waals surface area contributed by atoms with Crippen LogP contribution in [0.4, 0.5) is 8.78 Å². The van der Waals surface area contributed by atoms with E-state index in [0.29, 0.717) is 17.9 Å². The summed E-state index contributed by atoms with van der Waals surface area (Å²) in [5.41, 5.74) is 1.18. The molecule has 2 aromatic carbocycles. The highest BCUT2D eigenvalue weighted by Gasteiger charge is 2.22. The molecule has 3 rings (SSSR count). The minimum absolute atomic E-state index is 0.0788. The van der Waals surface area contributed by atoms with Gasteiger partial charge < -0.3 is 20.2 Å². The Labute approximate surface area is 190 Å². The Morgan fingerprint density at radius 2 is 1.81 bits per heavy atom. The molecule has 3 aromatic rings. The van der Waals surface area contributed by atoms with E-state index < -0.39 is 23.8 Å². The molecule has 0 aliphatic heterocycles. The van der Waals surface area contributed by atoms with Crippen LogP contribution in [0.15, 0.2) is 70.2 Å². The Morgan fingerprint density at radius 3 is 2.44 bits per heavy atom. The van der Waals surface area contributed by atoms with E-state index in [-0.39, 0.29) is 25.3 Å². The molecule has 1 amide bonds. The maximum Gasteiger partial charge on any atom is 0.224 e. The molecule has 3 N–H and O–H groups in total. The number of carbonyl (C=O) groups excluding carboxylic acids is 1. The van der Waals surface area contributed by atoms with Crippen molar-refractivity contribution in [3.8, 4) is 0 Å². The molecule has 32 heavy (non-hydrogen) atoms. The molecule has 0 bridgehead atoms. The van der Waals surface area contributed by atoms with Crippen LogP contribution < -0.4 is 10.6 Å². The Morgan fingerprint density at radius 1 is 1.09 bits per heavy atom. The first-order chi connectivity index (χ1) is 15.4. The average molecular weight is 461 g/mol. The van der Waals surface area contributed by atoms with Gasteiger partial charge in [0, 0.05) is 17.5 Å². The maximum absolute atomic E-state index is 13.6. The maximum atomic E-state index is 13.6. The number of halogens is 2. The van der Waals surface area contributed by atoms with Gasteiger partial charge in [-0.2, -0.15) is 0 Å². The quantitative estimate of drug-likeness (QED) is 0.381. The lowest BCUT2D eigenvalue weighted by Crippen LogP contribution is -2.49. The van der Waals surface area contributed by atoms with Gasteiger partial charge in [-0.3, -0.25) is 4.79 Å². The molecular formula is C24H26F2N2O3S. The van der Waals surface area contributed by atoms with Crippen LogP contribution in [0.2, 0.25) is 0 Å². The van der Waals surface area contributed by atoms with Crippen molar-refractivity contribution in [2.45, 2.75) is 36.4 Å². The molecule has 0 fully saturated rings. The van der Waals surface area contributed by atoms with Crippen molar-refractivity contribution in [2.75, 3.05) is 12.8 Å². The van der Waals surface area contributed by atoms with Gasteiger partial charge >= 0.3 is 0 Å². The summed E-state index contributed by atoms with van der Waals surface area (Å²) in [6, 6.07) is 13.7. The molecule has 0 saturated heterocycles. The lowest BCUT2D eigenvalue weighted by molar-refractivity contribution is -0.122. The summed E-state index contributed by atoms with van der Waals surface area (Å²) in [7, 11) is 0. The van der Waals surface area contributed by atoms with Gasteiger partial charge in [-0.05, 0) is 60.2 Å². The number of benzene rings is 2. The zero-order valence-electron chi connectivity index (χ0n) is 17.7. The summed E-state index contributed by atoms with van der Waals surface area (Å²) in [4.78, 5) is 13.8. The number of thioether (sulfide) groups is 1. The summed E-state index contributed by atoms with van der Waals surface area (Å²) in [6.45, 7) is 0.562. The minimum atomic E-state index is -0.987. The third-order valence-electron chi connectivity index (χ3n) is 4.95. The van der Waals surface area contributed by atoms with Crippen LogP contribution in [0.25, 0.3) is 0 Å². The van der Waals surface area contributed by atoms with E-state index in [1.807, 2.05) is 30.5 Å². The molecule has 8 heteroatoms. The van der Waals surface area contributed by atoms with Gasteiger partial charge in [0.2, 0.25) is 5.91 Å². The molecule has 0 unspecified atom stereocenters. The predicted molar refractivity (Wildman–Crippen MR) is 120 cm³/mol. The van der Waals surface area contributed by atoms with Crippen LogP contribution in [0.5, 0.6) is 0 Å². The van der Waals surface area contributed by atoms with Gasteiger partial charge in [0.1, 0.15) is 17.4 Å². The third-order valence-corrected chi connectivity index (χ3v) is 5.69. The largest absolute Gasteiger partial charge is 0.468 e. The number of furan rings is 1. The smallest absolute Gasteiger partial charge is 0.224 e. The Hall–Kier alpha value is -2.68. The van der Waals surface area contributed by atoms with E-state index in [1.165, 1.54) is 12.1 Å². The van der Waals surface area contributed by atoms with Crippen LogP contribution in [-0.4, -0.2) is 36.0 Å². The number of nitrogens with one attached hydrogen (secondary N) is 2. The molecule has 1 heterocycles. The normalized spacial score (nSPS) is 13.0. The van der Waals surface area contributed by atoms with Crippen LogP contribution in [-0.2, 0) is 24.2 Å². The topological polar surface area (TPSA) is 74.5 Å². The number of carbonyl (C=O) groups is 1. The number of amides is 1. The minimum Gasteiger partial charge on any atom is -0.468 e. The van der Waals surface area contributed by atoms with E-state index in [4.69, 9.17) is 4.42 Å². The van der Waals surface area contributed by atoms with Crippen LogP contribution in [0.3, 0.4) is 0 Å². The molecule has 0 radical (unpaired) electrons. The molecule has 1 aromatic heterocycles. The summed E-state index contributed by atoms with van der Waals surface area (Å²) in [5.74, 6) is -0.985. The number of hydrogen-bond acceptors (Lipinski definition) is 5. The van der Waals surface area contributed by atoms with E-state index in [0.717, 1.165) is 16.5 Å². The Balaban J connectivity index is 1.65. The highest BCUT2D eigenvalue weighted by Crippen LogP contribution is 2.16. The van der Waals surface area contributed by atoms with Gasteiger partial charge in [-0.1, -0.05) is 12.1 Å². The van der Waals surface area contributed by atoms with Gasteiger partial charge in [0.15, 0.2) is 0 Å². The van der Waals surface area contributed by atoms with Crippen LogP contribution in [0.1, 0.15) is 16.9 Å². The SMILES string of the molecule is CSc1ccc(CC(=O)N[C@@H](Cc2cc(F)cc(F)c2)[C@@H](O)CNCc2ccco2)cc1. The molecule has 0 saturated carbocycles. The van der Waals surface area contributed by atoms with Gasteiger partial charge in [0.25, 0.3) is 0 Å². The molecule has 0 aliphatic rings. The summed E-state index contributed by atoms with van der Waals surface area (Å²) >= 11 is 1.61. The molecule has 2 atom stereocenters. The number of aliphatic hydroxyl groups excluding tert-OH is 1. The second-order valence-electron chi connectivity index (χ2n) is 7.46. The van der Waals surface area contributed by atoms with E-state index >= 15 is 0 Å². The number of hydrogen-bond donors (Lipinski definition) is 3. The lowest BCUT2D eigenvalue weighted by Gasteiger charge is -2.25. The highest BCUT2D eigenvalue weighted by atomic mass is 32.2. The second kappa shape index (κ2) is 11.8. The van der Waals surface area contributed by atoms with Crippen molar-refractivity contribution in [3.05, 3.63) is 89.4 Å². The van der Waals surface area contributed by atoms with Gasteiger partial charge in [0.05, 0.1) is 31.4 Å². The average Bonchev–Trinajstić information content (AvgIpc) is 3.26. The van der Waals surface area contributed by atoms with Crippen molar-refractivity contribution >= 4 is 17.7 Å². The summed E-state index contributed by atoms with van der Waals surface area (Å²) < 4.78 is 32.5. The van der Waals surface area contributed by atoms with Crippen LogP contribution >= 0.6 is 11.8 Å².